The summed E-state index contributed by atoms with van der Waals surface area (Å²) in [5.41, 5.74) is 1.99. The van der Waals surface area contributed by atoms with Gasteiger partial charge < -0.3 is 0 Å². The van der Waals surface area contributed by atoms with Gasteiger partial charge in [-0.3, -0.25) is 0 Å². The van der Waals surface area contributed by atoms with E-state index in [1.165, 1.54) is 10.0 Å². The number of carbonyl (C=O) groups excluding carboxylic acids is 1. The SMILES string of the molecule is O=C(c1ccccc1)c1ccc(-c2ccccc2)[se]1. The normalized spacial score (nSPS) is 10.3. The van der Waals surface area contributed by atoms with Crippen molar-refractivity contribution in [3.63, 3.8) is 0 Å². The minimum atomic E-state index is 0.105. The summed E-state index contributed by atoms with van der Waals surface area (Å²) in [7, 11) is 0. The van der Waals surface area contributed by atoms with Gasteiger partial charge in [0.1, 0.15) is 0 Å². The van der Waals surface area contributed by atoms with Gasteiger partial charge in [-0.25, -0.2) is 0 Å². The van der Waals surface area contributed by atoms with E-state index in [0.717, 1.165) is 10.0 Å². The van der Waals surface area contributed by atoms with Gasteiger partial charge in [-0.2, -0.15) is 0 Å². The number of benzene rings is 2. The molecule has 0 saturated carbocycles. The molecule has 0 radical (unpaired) electrons. The molecular weight excluding hydrogens is 299 g/mol. The summed E-state index contributed by atoms with van der Waals surface area (Å²) in [4.78, 5) is 12.3. The molecule has 19 heavy (non-hydrogen) atoms. The fraction of sp³-hybridized carbons (Fsp3) is 0. The van der Waals surface area contributed by atoms with Gasteiger partial charge in [-0.05, 0) is 0 Å². The molecule has 1 heterocycles. The third-order valence-corrected chi connectivity index (χ3v) is 5.30. The van der Waals surface area contributed by atoms with Crippen LogP contribution in [0.3, 0.4) is 0 Å². The summed E-state index contributed by atoms with van der Waals surface area (Å²) in [6.45, 7) is 0. The van der Waals surface area contributed by atoms with Crippen LogP contribution in [0.2, 0.25) is 0 Å². The van der Waals surface area contributed by atoms with Crippen LogP contribution < -0.4 is 0 Å². The Morgan fingerprint density at radius 1 is 0.737 bits per heavy atom. The third kappa shape index (κ3) is 2.60. The zero-order valence-corrected chi connectivity index (χ0v) is 12.0. The van der Waals surface area contributed by atoms with Crippen molar-refractivity contribution in [2.75, 3.05) is 0 Å². The Hall–Kier alpha value is -1.89. The van der Waals surface area contributed by atoms with Crippen LogP contribution in [0, 0.1) is 0 Å². The zero-order valence-electron chi connectivity index (χ0n) is 10.2. The van der Waals surface area contributed by atoms with Crippen molar-refractivity contribution in [1.82, 2.24) is 0 Å². The Labute approximate surface area is 118 Å². The van der Waals surface area contributed by atoms with E-state index < -0.39 is 0 Å². The van der Waals surface area contributed by atoms with E-state index in [9.17, 15) is 4.79 Å². The molecule has 1 aromatic heterocycles. The molecule has 0 amide bonds. The van der Waals surface area contributed by atoms with Crippen molar-refractivity contribution in [3.05, 3.63) is 82.8 Å². The van der Waals surface area contributed by atoms with Gasteiger partial charge in [0.25, 0.3) is 0 Å². The molecule has 0 spiro atoms. The first-order valence-electron chi connectivity index (χ1n) is 6.09. The second-order valence-electron chi connectivity index (χ2n) is 4.23. The first kappa shape index (κ1) is 12.2. The molecule has 3 rings (SSSR count). The van der Waals surface area contributed by atoms with Crippen molar-refractivity contribution in [2.24, 2.45) is 0 Å². The second-order valence-corrected chi connectivity index (χ2v) is 6.50. The average Bonchev–Trinajstić information content (AvgIpc) is 2.98. The van der Waals surface area contributed by atoms with Crippen molar-refractivity contribution in [3.8, 4) is 10.0 Å². The Bertz CT molecular complexity index is 684. The summed E-state index contributed by atoms with van der Waals surface area (Å²) >= 11 is 0.105. The Kier molecular flexibility index (Phi) is 3.45. The molecule has 0 fully saturated rings. The fourth-order valence-corrected chi connectivity index (χ4v) is 3.99. The summed E-state index contributed by atoms with van der Waals surface area (Å²) in [5, 5.41) is 0. The van der Waals surface area contributed by atoms with Gasteiger partial charge in [0.2, 0.25) is 0 Å². The number of hydrogen-bond acceptors (Lipinski definition) is 1. The molecule has 0 aliphatic carbocycles. The topological polar surface area (TPSA) is 17.1 Å². The van der Waals surface area contributed by atoms with Crippen LogP contribution >= 0.6 is 0 Å². The maximum atomic E-state index is 12.3. The molecule has 0 saturated heterocycles. The van der Waals surface area contributed by atoms with Crippen LogP contribution in [0.25, 0.3) is 10.0 Å². The molecule has 0 atom stereocenters. The van der Waals surface area contributed by atoms with E-state index >= 15 is 0 Å². The minimum absolute atomic E-state index is 0.105. The number of rotatable bonds is 3. The van der Waals surface area contributed by atoms with Crippen molar-refractivity contribution in [2.45, 2.75) is 0 Å². The molecule has 0 aliphatic rings. The van der Waals surface area contributed by atoms with E-state index in [0.29, 0.717) is 0 Å². The zero-order chi connectivity index (χ0) is 13.1. The first-order valence-corrected chi connectivity index (χ1v) is 7.81. The van der Waals surface area contributed by atoms with Crippen LogP contribution in [0.1, 0.15) is 14.8 Å². The quantitative estimate of drug-likeness (QED) is 0.533. The molecule has 0 N–H and O–H groups in total. The molecule has 92 valence electrons. The number of carbonyl (C=O) groups is 1. The van der Waals surface area contributed by atoms with Crippen molar-refractivity contribution in [1.29, 1.82) is 0 Å². The van der Waals surface area contributed by atoms with E-state index in [4.69, 9.17) is 0 Å². The molecule has 1 nitrogen and oxygen atoms in total. The van der Waals surface area contributed by atoms with E-state index in [1.54, 1.807) is 0 Å². The Balaban J connectivity index is 1.92. The van der Waals surface area contributed by atoms with Crippen LogP contribution in [0.4, 0.5) is 0 Å². The predicted octanol–water partition coefficient (Wildman–Crippen LogP) is 3.64. The molecule has 3 aromatic rings. The van der Waals surface area contributed by atoms with Gasteiger partial charge in [0.15, 0.2) is 0 Å². The Morgan fingerprint density at radius 2 is 1.37 bits per heavy atom. The Morgan fingerprint density at radius 3 is 2.05 bits per heavy atom. The number of hydrogen-bond donors (Lipinski definition) is 0. The summed E-state index contributed by atoms with van der Waals surface area (Å²) < 4.78 is 2.20. The maximum absolute atomic E-state index is 12.3. The van der Waals surface area contributed by atoms with Crippen LogP contribution in [-0.2, 0) is 0 Å². The molecule has 2 heteroatoms. The van der Waals surface area contributed by atoms with Crippen molar-refractivity contribution < 1.29 is 4.79 Å². The first-order chi connectivity index (χ1) is 9.34. The van der Waals surface area contributed by atoms with Gasteiger partial charge in [-0.15, -0.1) is 0 Å². The molecule has 2 aromatic carbocycles. The van der Waals surface area contributed by atoms with E-state index in [-0.39, 0.29) is 20.3 Å². The monoisotopic (exact) mass is 312 g/mol. The van der Waals surface area contributed by atoms with E-state index in [2.05, 4.69) is 18.2 Å². The summed E-state index contributed by atoms with van der Waals surface area (Å²) in [5.74, 6) is 0.155. The summed E-state index contributed by atoms with van der Waals surface area (Å²) in [6, 6.07) is 23.8. The van der Waals surface area contributed by atoms with Crippen LogP contribution in [0.15, 0.2) is 72.8 Å². The van der Waals surface area contributed by atoms with Crippen LogP contribution in [-0.4, -0.2) is 20.3 Å². The number of ketones is 1. The van der Waals surface area contributed by atoms with Gasteiger partial charge in [0.05, 0.1) is 0 Å². The molecular formula is C17H12OSe. The van der Waals surface area contributed by atoms with Crippen molar-refractivity contribution >= 4 is 20.3 Å². The summed E-state index contributed by atoms with van der Waals surface area (Å²) in [6.07, 6.45) is 0. The molecule has 0 bridgehead atoms. The predicted molar refractivity (Wildman–Crippen MR) is 78.7 cm³/mol. The van der Waals surface area contributed by atoms with Crippen LogP contribution in [0.5, 0.6) is 0 Å². The van der Waals surface area contributed by atoms with E-state index in [1.807, 2.05) is 54.6 Å². The third-order valence-electron chi connectivity index (χ3n) is 2.92. The molecule has 0 unspecified atom stereocenters. The van der Waals surface area contributed by atoms with Gasteiger partial charge >= 0.3 is 118 Å². The molecule has 0 aliphatic heterocycles. The fourth-order valence-electron chi connectivity index (χ4n) is 1.95. The van der Waals surface area contributed by atoms with Gasteiger partial charge in [-0.1, -0.05) is 0 Å². The average molecular weight is 311 g/mol. The van der Waals surface area contributed by atoms with Gasteiger partial charge in [0, 0.05) is 0 Å². The second kappa shape index (κ2) is 5.39. The standard InChI is InChI=1S/C17H12OSe/c18-17(14-9-5-2-6-10-14)16-12-11-15(19-16)13-7-3-1-4-8-13/h1-12H.